The summed E-state index contributed by atoms with van der Waals surface area (Å²) < 4.78 is 0. The molecule has 0 unspecified atom stereocenters. The molecule has 0 saturated heterocycles. The second kappa shape index (κ2) is 17.1. The molecule has 4 nitrogen and oxygen atoms in total. The van der Waals surface area contributed by atoms with Gasteiger partial charge in [0, 0.05) is 34.1 Å². The van der Waals surface area contributed by atoms with Gasteiger partial charge in [-0.05, 0) is 132 Å². The molecule has 4 N–H and O–H groups in total. The van der Waals surface area contributed by atoms with Crippen LogP contribution in [0.15, 0.2) is 170 Å². The molecule has 8 aromatic carbocycles. The Balaban J connectivity index is 1.32. The smallest absolute Gasteiger partial charge is 0.126 e. The van der Waals surface area contributed by atoms with Crippen molar-refractivity contribution in [3.63, 3.8) is 0 Å². The first-order valence-corrected chi connectivity index (χ1v) is 20.6. The van der Waals surface area contributed by atoms with E-state index in [0.717, 1.165) is 89.0 Å². The molecule has 8 rings (SSSR count). The molecular weight excluding hydrogens is 737 g/mol. The zero-order valence-electron chi connectivity index (χ0n) is 34.5. The second-order valence-corrected chi connectivity index (χ2v) is 16.1. The van der Waals surface area contributed by atoms with Gasteiger partial charge in [0.2, 0.25) is 0 Å². The summed E-state index contributed by atoms with van der Waals surface area (Å²) in [5.74, 6) is 0.747. The van der Waals surface area contributed by atoms with Gasteiger partial charge in [-0.15, -0.1) is 0 Å². The zero-order chi connectivity index (χ0) is 41.9. The highest BCUT2D eigenvalue weighted by atomic mass is 16.3. The van der Waals surface area contributed by atoms with Crippen LogP contribution in [0.1, 0.15) is 69.2 Å². The minimum absolute atomic E-state index is 0.144. The van der Waals surface area contributed by atoms with Gasteiger partial charge in [0.1, 0.15) is 23.0 Å². The predicted molar refractivity (Wildman–Crippen MR) is 246 cm³/mol. The molecule has 298 valence electrons. The van der Waals surface area contributed by atoms with Crippen molar-refractivity contribution in [2.75, 3.05) is 0 Å². The summed E-state index contributed by atoms with van der Waals surface area (Å²) in [6.45, 7) is 7.82. The number of phenolic OH excluding ortho intramolecular Hbond substituents is 4. The van der Waals surface area contributed by atoms with Crippen molar-refractivity contribution in [3.05, 3.63) is 214 Å². The molecule has 0 aliphatic rings. The van der Waals surface area contributed by atoms with Crippen LogP contribution in [0.5, 0.6) is 23.0 Å². The van der Waals surface area contributed by atoms with Crippen LogP contribution < -0.4 is 0 Å². The van der Waals surface area contributed by atoms with E-state index >= 15 is 0 Å². The summed E-state index contributed by atoms with van der Waals surface area (Å²) in [4.78, 5) is 0. The van der Waals surface area contributed by atoms with E-state index in [1.54, 1.807) is 0 Å². The van der Waals surface area contributed by atoms with Gasteiger partial charge in [0.25, 0.3) is 0 Å². The lowest BCUT2D eigenvalue weighted by atomic mass is 9.78. The molecule has 0 fully saturated rings. The Morgan fingerprint density at radius 1 is 0.300 bits per heavy atom. The van der Waals surface area contributed by atoms with Crippen molar-refractivity contribution in [3.8, 4) is 67.5 Å². The Hall–Kier alpha value is -7.04. The number of hydrogen-bond donors (Lipinski definition) is 4. The van der Waals surface area contributed by atoms with Crippen LogP contribution in [-0.2, 0) is 0 Å². The van der Waals surface area contributed by atoms with Crippen molar-refractivity contribution >= 4 is 0 Å². The first-order chi connectivity index (χ1) is 29.1. The number of hydrogen-bond acceptors (Lipinski definition) is 4. The molecule has 0 atom stereocenters. The van der Waals surface area contributed by atoms with Crippen LogP contribution in [0.3, 0.4) is 0 Å². The van der Waals surface area contributed by atoms with Gasteiger partial charge in [-0.2, -0.15) is 0 Å². The molecule has 0 aromatic heterocycles. The second-order valence-electron chi connectivity index (χ2n) is 16.1. The van der Waals surface area contributed by atoms with Crippen LogP contribution in [0, 0.1) is 27.7 Å². The number of benzene rings is 8. The molecule has 8 aromatic rings. The minimum atomic E-state index is -0.144. The fraction of sp³-hybridized carbons (Fsp3) is 0.143. The molecule has 0 aliphatic heterocycles. The first kappa shape index (κ1) is 39.8. The average molecular weight is 787 g/mol. The van der Waals surface area contributed by atoms with Crippen molar-refractivity contribution in [2.45, 2.75) is 52.4 Å². The molecule has 0 saturated carbocycles. The van der Waals surface area contributed by atoms with Crippen molar-refractivity contribution < 1.29 is 20.4 Å². The molecular formula is C56H50O4. The highest BCUT2D eigenvalue weighted by Gasteiger charge is 2.26. The fourth-order valence-corrected chi connectivity index (χ4v) is 8.77. The molecule has 0 radical (unpaired) electrons. The highest BCUT2D eigenvalue weighted by molar-refractivity contribution is 5.77. The van der Waals surface area contributed by atoms with Gasteiger partial charge in [0.05, 0.1) is 0 Å². The van der Waals surface area contributed by atoms with E-state index in [1.165, 1.54) is 0 Å². The summed E-state index contributed by atoms with van der Waals surface area (Å²) >= 11 is 0. The molecule has 4 heteroatoms. The standard InChI is InChI=1S/C56H50O4/c1-35-27-43(31-49(53(35)57)39-17-9-5-10-18-39)47(44-28-36(2)54(58)50(32-44)40-19-11-6-12-20-40)25-26-48(45-29-37(3)55(59)51(33-45)41-21-13-7-14-22-41)46-30-38(4)56(60)52(34-46)42-23-15-8-16-24-42/h5-24,27-34,47-48,57-60H,25-26H2,1-4H3. The van der Waals surface area contributed by atoms with Crippen molar-refractivity contribution in [1.82, 2.24) is 0 Å². The van der Waals surface area contributed by atoms with Gasteiger partial charge < -0.3 is 20.4 Å². The summed E-state index contributed by atoms with van der Waals surface area (Å²) in [7, 11) is 0. The van der Waals surface area contributed by atoms with Gasteiger partial charge in [0.15, 0.2) is 0 Å². The summed E-state index contributed by atoms with van der Waals surface area (Å²) in [6, 6.07) is 56.9. The Morgan fingerprint density at radius 3 is 0.700 bits per heavy atom. The SMILES string of the molecule is Cc1cc(C(CCC(c2cc(C)c(O)c(-c3ccccc3)c2)c2cc(C)c(O)c(-c3ccccc3)c2)c2cc(C)c(O)c(-c3ccccc3)c2)cc(-c2ccccc2)c1O. The van der Waals surface area contributed by atoms with Gasteiger partial charge in [-0.3, -0.25) is 0 Å². The van der Waals surface area contributed by atoms with E-state index in [2.05, 4.69) is 48.5 Å². The lowest BCUT2D eigenvalue weighted by Crippen LogP contribution is -2.09. The molecule has 60 heavy (non-hydrogen) atoms. The third-order valence-corrected chi connectivity index (χ3v) is 12.0. The van der Waals surface area contributed by atoms with Gasteiger partial charge in [-0.1, -0.05) is 146 Å². The Labute approximate surface area is 353 Å². The van der Waals surface area contributed by atoms with Gasteiger partial charge >= 0.3 is 0 Å². The quantitative estimate of drug-likeness (QED) is 0.105. The Kier molecular flexibility index (Phi) is 11.3. The monoisotopic (exact) mass is 786 g/mol. The van der Waals surface area contributed by atoms with Crippen molar-refractivity contribution in [2.24, 2.45) is 0 Å². The van der Waals surface area contributed by atoms with Crippen LogP contribution >= 0.6 is 0 Å². The maximum Gasteiger partial charge on any atom is 0.126 e. The third-order valence-electron chi connectivity index (χ3n) is 12.0. The maximum absolute atomic E-state index is 11.5. The molecule has 0 aliphatic carbocycles. The average Bonchev–Trinajstić information content (AvgIpc) is 3.27. The zero-order valence-corrected chi connectivity index (χ0v) is 34.5. The van der Waals surface area contributed by atoms with E-state index in [9.17, 15) is 20.4 Å². The number of aryl methyl sites for hydroxylation is 4. The lowest BCUT2D eigenvalue weighted by Gasteiger charge is -2.27. The number of aromatic hydroxyl groups is 4. The topological polar surface area (TPSA) is 80.9 Å². The van der Waals surface area contributed by atoms with E-state index in [-0.39, 0.29) is 34.8 Å². The van der Waals surface area contributed by atoms with Crippen LogP contribution in [0.2, 0.25) is 0 Å². The summed E-state index contributed by atoms with van der Waals surface area (Å²) in [6.07, 6.45) is 1.39. The summed E-state index contributed by atoms with van der Waals surface area (Å²) in [5.41, 5.74) is 14.2. The first-order valence-electron chi connectivity index (χ1n) is 20.6. The predicted octanol–water partition coefficient (Wildman–Crippen LogP) is 14.2. The van der Waals surface area contributed by atoms with Crippen LogP contribution in [0.4, 0.5) is 0 Å². The Bertz CT molecular complexity index is 2390. The van der Waals surface area contributed by atoms with Crippen LogP contribution in [0.25, 0.3) is 44.5 Å². The van der Waals surface area contributed by atoms with Crippen molar-refractivity contribution in [1.29, 1.82) is 0 Å². The van der Waals surface area contributed by atoms with E-state index in [4.69, 9.17) is 0 Å². The van der Waals surface area contributed by atoms with E-state index in [0.29, 0.717) is 12.8 Å². The van der Waals surface area contributed by atoms with Crippen LogP contribution in [-0.4, -0.2) is 20.4 Å². The summed E-state index contributed by atoms with van der Waals surface area (Å²) in [5, 5.41) is 45.9. The highest BCUT2D eigenvalue weighted by Crippen LogP contribution is 2.46. The number of rotatable bonds is 11. The normalized spacial score (nSPS) is 11.4. The largest absolute Gasteiger partial charge is 0.507 e. The van der Waals surface area contributed by atoms with Gasteiger partial charge in [-0.25, -0.2) is 0 Å². The van der Waals surface area contributed by atoms with E-state index in [1.807, 2.05) is 149 Å². The minimum Gasteiger partial charge on any atom is -0.507 e. The lowest BCUT2D eigenvalue weighted by molar-refractivity contribution is 0.471. The maximum atomic E-state index is 11.5. The fourth-order valence-electron chi connectivity index (χ4n) is 8.77. The third kappa shape index (κ3) is 8.02. The molecule has 0 amide bonds. The number of phenols is 4. The molecule has 0 heterocycles. The van der Waals surface area contributed by atoms with E-state index < -0.39 is 0 Å². The molecule has 0 spiro atoms. The molecule has 0 bridgehead atoms. The Morgan fingerprint density at radius 2 is 0.500 bits per heavy atom.